The molecule has 1 aromatic heterocycles. The first-order valence-corrected chi connectivity index (χ1v) is 14.4. The molecule has 192 valence electrons. The lowest BCUT2D eigenvalue weighted by atomic mass is 9.90. The molecule has 5 nitrogen and oxygen atoms in total. The Labute approximate surface area is 228 Å². The van der Waals surface area contributed by atoms with Crippen molar-refractivity contribution in [3.63, 3.8) is 0 Å². The van der Waals surface area contributed by atoms with Gasteiger partial charge in [0.1, 0.15) is 10.1 Å². The van der Waals surface area contributed by atoms with E-state index in [1.54, 1.807) is 4.90 Å². The zero-order chi connectivity index (χ0) is 25.6. The summed E-state index contributed by atoms with van der Waals surface area (Å²) in [6.45, 7) is 5.79. The minimum atomic E-state index is -0.0211. The lowest BCUT2D eigenvalue weighted by Crippen LogP contribution is -2.35. The highest BCUT2D eigenvalue weighted by atomic mass is 32.2. The van der Waals surface area contributed by atoms with Crippen LogP contribution in [0.5, 0.6) is 0 Å². The lowest BCUT2D eigenvalue weighted by molar-refractivity contribution is -0.122. The quantitative estimate of drug-likeness (QED) is 0.183. The van der Waals surface area contributed by atoms with Crippen molar-refractivity contribution in [3.8, 4) is 0 Å². The molecule has 0 atom stereocenters. The van der Waals surface area contributed by atoms with Crippen molar-refractivity contribution < 1.29 is 9.53 Å². The van der Waals surface area contributed by atoms with Crippen LogP contribution in [0.3, 0.4) is 0 Å². The van der Waals surface area contributed by atoms with Crippen molar-refractivity contribution >= 4 is 57.0 Å². The molecule has 7 heteroatoms. The van der Waals surface area contributed by atoms with Crippen LogP contribution in [0, 0.1) is 5.92 Å². The van der Waals surface area contributed by atoms with E-state index in [0.29, 0.717) is 34.9 Å². The fourth-order valence-electron chi connectivity index (χ4n) is 5.08. The molecule has 0 unspecified atom stereocenters. The number of hydrogen-bond acceptors (Lipinski definition) is 6. The Hall–Kier alpha value is -2.74. The molecule has 37 heavy (non-hydrogen) atoms. The van der Waals surface area contributed by atoms with Gasteiger partial charge >= 0.3 is 0 Å². The second kappa shape index (κ2) is 12.2. The van der Waals surface area contributed by atoms with Gasteiger partial charge in [-0.15, -0.1) is 0 Å². The molecule has 3 aromatic rings. The average molecular weight is 532 g/mol. The third-order valence-electron chi connectivity index (χ3n) is 7.05. The Kier molecular flexibility index (Phi) is 8.54. The van der Waals surface area contributed by atoms with Crippen molar-refractivity contribution in [2.75, 3.05) is 37.7 Å². The Bertz CT molecular complexity index is 1290. The highest BCUT2D eigenvalue weighted by molar-refractivity contribution is 8.26. The van der Waals surface area contributed by atoms with Gasteiger partial charge in [-0.2, -0.15) is 0 Å². The molecule has 1 amide bonds. The summed E-state index contributed by atoms with van der Waals surface area (Å²) in [5, 5.41) is 1.07. The molecule has 2 aliphatic rings. The first-order chi connectivity index (χ1) is 18.1. The molecular weight excluding hydrogens is 498 g/mol. The predicted octanol–water partition coefficient (Wildman–Crippen LogP) is 6.32. The van der Waals surface area contributed by atoms with E-state index in [-0.39, 0.29) is 5.91 Å². The van der Waals surface area contributed by atoms with Gasteiger partial charge in [-0.1, -0.05) is 72.5 Å². The van der Waals surface area contributed by atoms with E-state index in [2.05, 4.69) is 53.4 Å². The normalized spacial score (nSPS) is 17.9. The lowest BCUT2D eigenvalue weighted by Gasteiger charge is -2.34. The zero-order valence-electron chi connectivity index (χ0n) is 21.3. The van der Waals surface area contributed by atoms with Gasteiger partial charge in [-0.05, 0) is 62.3 Å². The number of nitrogens with zero attached hydrogens (tertiary/aromatic N) is 3. The predicted molar refractivity (Wildman–Crippen MR) is 158 cm³/mol. The number of amides is 1. The number of rotatable bonds is 9. The summed E-state index contributed by atoms with van der Waals surface area (Å²) >= 11 is 6.94. The van der Waals surface area contributed by atoms with Gasteiger partial charge in [0.15, 0.2) is 0 Å². The molecule has 5 rings (SSSR count). The van der Waals surface area contributed by atoms with E-state index in [1.165, 1.54) is 17.3 Å². The Morgan fingerprint density at radius 2 is 1.86 bits per heavy atom. The highest BCUT2D eigenvalue weighted by Gasteiger charge is 2.32. The summed E-state index contributed by atoms with van der Waals surface area (Å²) in [5.74, 6) is 1.61. The molecule has 2 saturated heterocycles. The number of aromatic nitrogens is 1. The largest absolute Gasteiger partial charge is 0.382 e. The third-order valence-corrected chi connectivity index (χ3v) is 8.43. The van der Waals surface area contributed by atoms with Gasteiger partial charge in [0.05, 0.1) is 10.4 Å². The fourth-order valence-corrected chi connectivity index (χ4v) is 6.38. The Balaban J connectivity index is 1.36. The van der Waals surface area contributed by atoms with Gasteiger partial charge in [0.25, 0.3) is 5.91 Å². The van der Waals surface area contributed by atoms with Gasteiger partial charge in [-0.25, -0.2) is 4.98 Å². The van der Waals surface area contributed by atoms with E-state index >= 15 is 0 Å². The van der Waals surface area contributed by atoms with E-state index in [9.17, 15) is 4.79 Å². The maximum Gasteiger partial charge on any atom is 0.266 e. The van der Waals surface area contributed by atoms with E-state index in [1.807, 2.05) is 25.1 Å². The van der Waals surface area contributed by atoms with Crippen molar-refractivity contribution in [2.24, 2.45) is 5.92 Å². The summed E-state index contributed by atoms with van der Waals surface area (Å²) < 4.78 is 6.05. The summed E-state index contributed by atoms with van der Waals surface area (Å²) in [5.41, 5.74) is 3.37. The molecule has 0 N–H and O–H groups in total. The standard InChI is InChI=1S/C30H33N3O2S2/c1-2-35-18-8-15-33-29(34)27(37-30(33)36)21-25-20-24-11-6-7-12-26(24)31-28(25)32-16-13-23(14-17-32)19-22-9-4-3-5-10-22/h3-7,9-12,20-21,23H,2,8,13-19H2,1H3/b27-21-. The first kappa shape index (κ1) is 25.9. The number of anilines is 1. The van der Waals surface area contributed by atoms with Crippen LogP contribution in [0.2, 0.25) is 0 Å². The molecule has 0 saturated carbocycles. The zero-order valence-corrected chi connectivity index (χ0v) is 22.9. The monoisotopic (exact) mass is 531 g/mol. The maximum absolute atomic E-state index is 13.2. The van der Waals surface area contributed by atoms with Crippen LogP contribution < -0.4 is 4.90 Å². The van der Waals surface area contributed by atoms with Crippen molar-refractivity contribution in [2.45, 2.75) is 32.6 Å². The number of benzene rings is 2. The SMILES string of the molecule is CCOCCCN1C(=O)/C(=C/c2cc3ccccc3nc2N2CCC(Cc3ccccc3)CC2)SC1=S. The van der Waals surface area contributed by atoms with Crippen LogP contribution in [-0.4, -0.2) is 53.0 Å². The van der Waals surface area contributed by atoms with Crippen LogP contribution in [0.25, 0.3) is 17.0 Å². The number of carbonyl (C=O) groups is 1. The van der Waals surface area contributed by atoms with Crippen LogP contribution in [-0.2, 0) is 16.0 Å². The Morgan fingerprint density at radius 1 is 1.11 bits per heavy atom. The number of ether oxygens (including phenoxy) is 1. The minimum absolute atomic E-state index is 0.0211. The topological polar surface area (TPSA) is 45.7 Å². The molecule has 0 spiro atoms. The number of thiocarbonyl (C=S) groups is 1. The molecule has 0 radical (unpaired) electrons. The van der Waals surface area contributed by atoms with E-state index in [4.69, 9.17) is 21.9 Å². The average Bonchev–Trinajstić information content (AvgIpc) is 3.19. The summed E-state index contributed by atoms with van der Waals surface area (Å²) in [6.07, 6.45) is 6.15. The van der Waals surface area contributed by atoms with Crippen LogP contribution in [0.15, 0.2) is 65.6 Å². The number of pyridine rings is 1. The van der Waals surface area contributed by atoms with Gasteiger partial charge < -0.3 is 9.64 Å². The molecule has 2 aromatic carbocycles. The molecule has 2 fully saturated rings. The summed E-state index contributed by atoms with van der Waals surface area (Å²) in [7, 11) is 0. The van der Waals surface area contributed by atoms with Gasteiger partial charge in [0, 0.05) is 43.8 Å². The van der Waals surface area contributed by atoms with E-state index < -0.39 is 0 Å². The minimum Gasteiger partial charge on any atom is -0.382 e. The molecule has 0 aliphatic carbocycles. The fraction of sp³-hybridized carbons (Fsp3) is 0.367. The highest BCUT2D eigenvalue weighted by Crippen LogP contribution is 2.36. The number of hydrogen-bond donors (Lipinski definition) is 0. The second-order valence-electron chi connectivity index (χ2n) is 9.60. The third kappa shape index (κ3) is 6.22. The number of carbonyl (C=O) groups excluding carboxylic acids is 1. The molecule has 0 bridgehead atoms. The van der Waals surface area contributed by atoms with Crippen LogP contribution >= 0.6 is 24.0 Å². The van der Waals surface area contributed by atoms with Crippen LogP contribution in [0.4, 0.5) is 5.82 Å². The number of para-hydroxylation sites is 1. The van der Waals surface area contributed by atoms with Crippen molar-refractivity contribution in [3.05, 3.63) is 76.7 Å². The van der Waals surface area contributed by atoms with Gasteiger partial charge in [-0.3, -0.25) is 9.69 Å². The smallest absolute Gasteiger partial charge is 0.266 e. The summed E-state index contributed by atoms with van der Waals surface area (Å²) in [4.78, 5) is 23.1. The first-order valence-electron chi connectivity index (χ1n) is 13.1. The maximum atomic E-state index is 13.2. The molecule has 3 heterocycles. The summed E-state index contributed by atoms with van der Waals surface area (Å²) in [6, 6.07) is 21.1. The number of piperidine rings is 1. The number of fused-ring (bicyclic) bond motifs is 1. The second-order valence-corrected chi connectivity index (χ2v) is 11.3. The Morgan fingerprint density at radius 3 is 2.65 bits per heavy atom. The van der Waals surface area contributed by atoms with Crippen LogP contribution in [0.1, 0.15) is 37.3 Å². The number of thioether (sulfide) groups is 1. The van der Waals surface area contributed by atoms with Crippen molar-refractivity contribution in [1.82, 2.24) is 9.88 Å². The van der Waals surface area contributed by atoms with E-state index in [0.717, 1.165) is 61.1 Å². The molecule has 2 aliphatic heterocycles. The van der Waals surface area contributed by atoms with Gasteiger partial charge in [0.2, 0.25) is 0 Å². The molecular formula is C30H33N3O2S2. The van der Waals surface area contributed by atoms with Crippen molar-refractivity contribution in [1.29, 1.82) is 0 Å².